The van der Waals surface area contributed by atoms with E-state index in [2.05, 4.69) is 15.3 Å². The Hall–Kier alpha value is -2.95. The van der Waals surface area contributed by atoms with Gasteiger partial charge in [-0.25, -0.2) is 0 Å². The molecule has 3 aromatic rings. The highest BCUT2D eigenvalue weighted by Gasteiger charge is 2.22. The van der Waals surface area contributed by atoms with E-state index >= 15 is 0 Å². The molecule has 0 unspecified atom stereocenters. The Morgan fingerprint density at radius 3 is 2.77 bits per heavy atom. The lowest BCUT2D eigenvalue weighted by atomic mass is 10.1. The van der Waals surface area contributed by atoms with Gasteiger partial charge in [0, 0.05) is 35.5 Å². The van der Waals surface area contributed by atoms with Crippen molar-refractivity contribution in [1.82, 2.24) is 15.3 Å². The molecule has 0 aliphatic heterocycles. The van der Waals surface area contributed by atoms with Crippen LogP contribution in [0.5, 0.6) is 0 Å². The molecule has 0 radical (unpaired) electrons. The van der Waals surface area contributed by atoms with Gasteiger partial charge in [0.15, 0.2) is 0 Å². The zero-order valence-electron chi connectivity index (χ0n) is 12.1. The molecule has 0 atom stereocenters. The third kappa shape index (κ3) is 2.61. The Labute approximate surface area is 127 Å². The largest absolute Gasteiger partial charge is 0.358 e. The van der Waals surface area contributed by atoms with Crippen molar-refractivity contribution in [2.75, 3.05) is 0 Å². The van der Waals surface area contributed by atoms with Crippen LogP contribution in [-0.4, -0.2) is 21.7 Å². The summed E-state index contributed by atoms with van der Waals surface area (Å²) in [7, 11) is 0. The average Bonchev–Trinajstić information content (AvgIpc) is 2.88. The third-order valence-corrected chi connectivity index (χ3v) is 3.50. The summed E-state index contributed by atoms with van der Waals surface area (Å²) in [6.45, 7) is 2.07. The summed E-state index contributed by atoms with van der Waals surface area (Å²) in [5.74, 6) is -1.14. The first-order valence-electron chi connectivity index (χ1n) is 6.95. The second kappa shape index (κ2) is 5.81. The molecule has 2 N–H and O–H groups in total. The number of Topliss-reactive ketones (excluding diaryl/α,β-unsaturated/α-hetero) is 1. The summed E-state index contributed by atoms with van der Waals surface area (Å²) in [5, 5.41) is 3.40. The smallest absolute Gasteiger partial charge is 0.292 e. The Morgan fingerprint density at radius 1 is 1.18 bits per heavy atom. The Morgan fingerprint density at radius 2 is 2.00 bits per heavy atom. The highest BCUT2D eigenvalue weighted by Crippen LogP contribution is 2.22. The first-order valence-corrected chi connectivity index (χ1v) is 6.95. The van der Waals surface area contributed by atoms with Crippen LogP contribution in [0.15, 0.2) is 48.8 Å². The van der Waals surface area contributed by atoms with Crippen LogP contribution in [0.1, 0.15) is 21.6 Å². The number of hydrogen-bond acceptors (Lipinski definition) is 3. The average molecular weight is 293 g/mol. The maximum atomic E-state index is 12.4. The zero-order chi connectivity index (χ0) is 15.5. The van der Waals surface area contributed by atoms with Crippen LogP contribution in [-0.2, 0) is 11.3 Å². The molecule has 3 rings (SSSR count). The lowest BCUT2D eigenvalue weighted by molar-refractivity contribution is -0.117. The quantitative estimate of drug-likeness (QED) is 0.573. The minimum absolute atomic E-state index is 0.278. The summed E-state index contributed by atoms with van der Waals surface area (Å²) in [5.41, 5.74) is 2.82. The lowest BCUT2D eigenvalue weighted by Crippen LogP contribution is -2.30. The van der Waals surface area contributed by atoms with E-state index in [4.69, 9.17) is 0 Å². The van der Waals surface area contributed by atoms with Gasteiger partial charge >= 0.3 is 0 Å². The van der Waals surface area contributed by atoms with Gasteiger partial charge in [0.2, 0.25) is 0 Å². The molecule has 1 amide bonds. The second-order valence-corrected chi connectivity index (χ2v) is 5.04. The molecule has 0 aliphatic carbocycles. The number of aromatic amines is 1. The van der Waals surface area contributed by atoms with Crippen LogP contribution >= 0.6 is 0 Å². The summed E-state index contributed by atoms with van der Waals surface area (Å²) in [4.78, 5) is 31.6. The fourth-order valence-electron chi connectivity index (χ4n) is 2.45. The molecule has 2 heterocycles. The van der Waals surface area contributed by atoms with E-state index in [9.17, 15) is 9.59 Å². The lowest BCUT2D eigenvalue weighted by Gasteiger charge is -2.04. The van der Waals surface area contributed by atoms with Crippen molar-refractivity contribution in [1.29, 1.82) is 0 Å². The first kappa shape index (κ1) is 14.0. The van der Waals surface area contributed by atoms with E-state index in [0.717, 1.165) is 16.5 Å². The highest BCUT2D eigenvalue weighted by atomic mass is 16.2. The highest BCUT2D eigenvalue weighted by molar-refractivity contribution is 6.45. The van der Waals surface area contributed by atoms with Gasteiger partial charge in [-0.05, 0) is 24.6 Å². The molecule has 0 spiro atoms. The predicted molar refractivity (Wildman–Crippen MR) is 83.4 cm³/mol. The number of rotatable bonds is 4. The first-order chi connectivity index (χ1) is 10.7. The Kier molecular flexibility index (Phi) is 3.70. The van der Waals surface area contributed by atoms with Crippen molar-refractivity contribution in [3.8, 4) is 0 Å². The number of ketones is 1. The molecule has 0 aliphatic rings. The molecule has 0 bridgehead atoms. The number of para-hydroxylation sites is 1. The number of pyridine rings is 1. The Balaban J connectivity index is 1.80. The number of benzene rings is 1. The van der Waals surface area contributed by atoms with Crippen LogP contribution in [0.4, 0.5) is 0 Å². The van der Waals surface area contributed by atoms with Crippen LogP contribution in [0.3, 0.4) is 0 Å². The number of fused-ring (bicyclic) bond motifs is 1. The van der Waals surface area contributed by atoms with Crippen molar-refractivity contribution >= 4 is 22.6 Å². The van der Waals surface area contributed by atoms with Gasteiger partial charge in [-0.2, -0.15) is 0 Å². The molecule has 110 valence electrons. The van der Waals surface area contributed by atoms with E-state index in [0.29, 0.717) is 11.3 Å². The van der Waals surface area contributed by atoms with Crippen LogP contribution in [0.2, 0.25) is 0 Å². The standard InChI is InChI=1S/C17H15N3O2/c1-11-15(13-6-2-3-7-14(13)20-11)16(21)17(22)19-10-12-5-4-8-18-9-12/h2-9,20H,10H2,1H3,(H,19,22). The van der Waals surface area contributed by atoms with Crippen molar-refractivity contribution in [3.05, 3.63) is 65.6 Å². The number of aryl methyl sites for hydroxylation is 1. The SMILES string of the molecule is Cc1[nH]c2ccccc2c1C(=O)C(=O)NCc1cccnc1. The van der Waals surface area contributed by atoms with Crippen LogP contribution in [0, 0.1) is 6.92 Å². The number of H-pyrrole nitrogens is 1. The van der Waals surface area contributed by atoms with Gasteiger partial charge in [-0.1, -0.05) is 24.3 Å². The fraction of sp³-hybridized carbons (Fsp3) is 0.118. The summed E-state index contributed by atoms with van der Waals surface area (Å²) in [6.07, 6.45) is 3.31. The second-order valence-electron chi connectivity index (χ2n) is 5.04. The molecule has 0 fully saturated rings. The predicted octanol–water partition coefficient (Wildman–Crippen LogP) is 2.37. The van der Waals surface area contributed by atoms with Crippen molar-refractivity contribution in [2.45, 2.75) is 13.5 Å². The minimum Gasteiger partial charge on any atom is -0.358 e. The maximum absolute atomic E-state index is 12.4. The van der Waals surface area contributed by atoms with Gasteiger partial charge in [0.1, 0.15) is 0 Å². The monoisotopic (exact) mass is 293 g/mol. The van der Waals surface area contributed by atoms with Crippen LogP contribution < -0.4 is 5.32 Å². The van der Waals surface area contributed by atoms with E-state index in [-0.39, 0.29) is 6.54 Å². The van der Waals surface area contributed by atoms with Gasteiger partial charge < -0.3 is 10.3 Å². The van der Waals surface area contributed by atoms with E-state index in [1.54, 1.807) is 25.4 Å². The number of aromatic nitrogens is 2. The number of amides is 1. The van der Waals surface area contributed by atoms with E-state index < -0.39 is 11.7 Å². The normalized spacial score (nSPS) is 10.6. The van der Waals surface area contributed by atoms with Gasteiger partial charge in [-0.15, -0.1) is 0 Å². The Bertz CT molecular complexity index is 837. The molecule has 2 aromatic heterocycles. The third-order valence-electron chi connectivity index (χ3n) is 3.50. The van der Waals surface area contributed by atoms with Crippen LogP contribution in [0.25, 0.3) is 10.9 Å². The molecular weight excluding hydrogens is 278 g/mol. The maximum Gasteiger partial charge on any atom is 0.292 e. The molecule has 0 saturated heterocycles. The summed E-state index contributed by atoms with van der Waals surface area (Å²) >= 11 is 0. The molecule has 22 heavy (non-hydrogen) atoms. The molecule has 5 heteroatoms. The van der Waals surface area contributed by atoms with Crippen molar-refractivity contribution < 1.29 is 9.59 Å². The van der Waals surface area contributed by atoms with E-state index in [1.807, 2.05) is 30.3 Å². The number of hydrogen-bond donors (Lipinski definition) is 2. The summed E-state index contributed by atoms with van der Waals surface area (Å²) in [6, 6.07) is 11.1. The van der Waals surface area contributed by atoms with Gasteiger partial charge in [0.25, 0.3) is 11.7 Å². The number of carbonyl (C=O) groups excluding carboxylic acids is 2. The van der Waals surface area contributed by atoms with Gasteiger partial charge in [-0.3, -0.25) is 14.6 Å². The van der Waals surface area contributed by atoms with Crippen molar-refractivity contribution in [2.24, 2.45) is 0 Å². The zero-order valence-corrected chi connectivity index (χ0v) is 12.1. The molecule has 1 aromatic carbocycles. The minimum atomic E-state index is -0.614. The molecular formula is C17H15N3O2. The topological polar surface area (TPSA) is 74.8 Å². The van der Waals surface area contributed by atoms with E-state index in [1.165, 1.54) is 0 Å². The fourth-order valence-corrected chi connectivity index (χ4v) is 2.45. The van der Waals surface area contributed by atoms with Gasteiger partial charge in [0.05, 0.1) is 5.56 Å². The number of nitrogens with one attached hydrogen (secondary N) is 2. The van der Waals surface area contributed by atoms with Crippen molar-refractivity contribution in [3.63, 3.8) is 0 Å². The molecule has 0 saturated carbocycles. The number of carbonyl (C=O) groups is 2. The number of nitrogens with zero attached hydrogens (tertiary/aromatic N) is 1. The summed E-state index contributed by atoms with van der Waals surface area (Å²) < 4.78 is 0. The molecule has 5 nitrogen and oxygen atoms in total.